The molecule has 4 N–H and O–H groups in total. The molecule has 0 unspecified atom stereocenters. The SMILES string of the molecule is CSc1ccc(Oc2ncc(F)cc2C(=O)NC2CCC(O)CC2)cc1C.O=C(NC1CCC(O)CC1)c1cc(F)cnc1Cl. The molecule has 2 heterocycles. The molecular weight excluding hydrogens is 626 g/mol. The number of rotatable bonds is 7. The van der Waals surface area contributed by atoms with Crippen LogP contribution in [0.4, 0.5) is 8.78 Å². The zero-order valence-corrected chi connectivity index (χ0v) is 26.6. The molecule has 9 nitrogen and oxygen atoms in total. The van der Waals surface area contributed by atoms with Crippen LogP contribution >= 0.6 is 23.4 Å². The maximum atomic E-state index is 13.7. The van der Waals surface area contributed by atoms with E-state index in [4.69, 9.17) is 16.3 Å². The van der Waals surface area contributed by atoms with Gasteiger partial charge in [-0.05, 0) is 100 Å². The summed E-state index contributed by atoms with van der Waals surface area (Å²) in [7, 11) is 0. The minimum Gasteiger partial charge on any atom is -0.438 e. The van der Waals surface area contributed by atoms with Crippen LogP contribution < -0.4 is 15.4 Å². The van der Waals surface area contributed by atoms with Gasteiger partial charge >= 0.3 is 0 Å². The standard InChI is InChI=1S/C20H23FN2O3S.C12H14ClFN2O2/c1-12-9-16(7-8-18(12)27-2)26-20-17(10-13(21)11-22-20)19(25)23-14-3-5-15(24)6-4-14;13-11-10(5-7(14)6-15-11)12(18)16-8-1-3-9(17)4-2-8/h7-11,14-15,24H,3-6H2,1-2H3,(H,23,25);5-6,8-9,17H,1-4H2,(H,16,18). The van der Waals surface area contributed by atoms with Crippen LogP contribution in [0.3, 0.4) is 0 Å². The van der Waals surface area contributed by atoms with Crippen LogP contribution in [0.1, 0.15) is 77.6 Å². The normalized spacial score (nSPS) is 21.2. The Balaban J connectivity index is 0.000000222. The van der Waals surface area contributed by atoms with Crippen LogP contribution in [0.5, 0.6) is 11.6 Å². The molecule has 45 heavy (non-hydrogen) atoms. The number of nitrogens with zero attached hydrogens (tertiary/aromatic N) is 2. The van der Waals surface area contributed by atoms with Crippen LogP contribution in [0, 0.1) is 18.6 Å². The maximum Gasteiger partial charge on any atom is 0.257 e. The fourth-order valence-corrected chi connectivity index (χ4v) is 6.02. The monoisotopic (exact) mass is 662 g/mol. The second-order valence-corrected chi connectivity index (χ2v) is 12.4. The molecule has 3 aromatic rings. The average molecular weight is 663 g/mol. The summed E-state index contributed by atoms with van der Waals surface area (Å²) < 4.78 is 32.5. The van der Waals surface area contributed by atoms with E-state index in [1.807, 2.05) is 25.3 Å². The number of hydrogen-bond acceptors (Lipinski definition) is 8. The highest BCUT2D eigenvalue weighted by molar-refractivity contribution is 7.98. The van der Waals surface area contributed by atoms with E-state index < -0.39 is 23.4 Å². The highest BCUT2D eigenvalue weighted by atomic mass is 35.5. The third kappa shape index (κ3) is 10.1. The molecule has 1 aromatic carbocycles. The number of carbonyl (C=O) groups is 2. The molecule has 0 atom stereocenters. The number of thioether (sulfide) groups is 1. The summed E-state index contributed by atoms with van der Waals surface area (Å²) in [6, 6.07) is 7.77. The van der Waals surface area contributed by atoms with E-state index in [0.717, 1.165) is 35.0 Å². The van der Waals surface area contributed by atoms with Gasteiger partial charge in [-0.2, -0.15) is 0 Å². The lowest BCUT2D eigenvalue weighted by Crippen LogP contribution is -2.38. The lowest BCUT2D eigenvalue weighted by molar-refractivity contribution is 0.0861. The summed E-state index contributed by atoms with van der Waals surface area (Å²) in [5.41, 5.74) is 1.16. The molecule has 2 saturated carbocycles. The Labute approximate surface area is 270 Å². The van der Waals surface area contributed by atoms with Crippen molar-refractivity contribution in [3.8, 4) is 11.6 Å². The van der Waals surface area contributed by atoms with Crippen molar-refractivity contribution in [1.29, 1.82) is 0 Å². The number of aryl methyl sites for hydroxylation is 1. The summed E-state index contributed by atoms with van der Waals surface area (Å²) >= 11 is 7.39. The Kier molecular flexibility index (Phi) is 12.5. The molecule has 242 valence electrons. The highest BCUT2D eigenvalue weighted by Crippen LogP contribution is 2.29. The van der Waals surface area contributed by atoms with Gasteiger partial charge in [0.25, 0.3) is 11.8 Å². The molecule has 0 spiro atoms. The summed E-state index contributed by atoms with van der Waals surface area (Å²) in [6.45, 7) is 1.97. The van der Waals surface area contributed by atoms with Crippen molar-refractivity contribution in [2.75, 3.05) is 6.26 Å². The number of carbonyl (C=O) groups excluding carboxylic acids is 2. The molecule has 5 rings (SSSR count). The summed E-state index contributed by atoms with van der Waals surface area (Å²) in [5, 5.41) is 24.6. The topological polar surface area (TPSA) is 134 Å². The van der Waals surface area contributed by atoms with E-state index in [9.17, 15) is 28.6 Å². The Morgan fingerprint density at radius 2 is 1.36 bits per heavy atom. The van der Waals surface area contributed by atoms with Crippen LogP contribution in [-0.4, -0.2) is 62.5 Å². The number of aliphatic hydroxyl groups excluding tert-OH is 2. The lowest BCUT2D eigenvalue weighted by Gasteiger charge is -2.26. The predicted molar refractivity (Wildman–Crippen MR) is 168 cm³/mol. The van der Waals surface area contributed by atoms with E-state index >= 15 is 0 Å². The fraction of sp³-hybridized carbons (Fsp3) is 0.438. The van der Waals surface area contributed by atoms with Crippen molar-refractivity contribution in [2.24, 2.45) is 0 Å². The van der Waals surface area contributed by atoms with E-state index in [2.05, 4.69) is 20.6 Å². The van der Waals surface area contributed by atoms with Crippen LogP contribution in [-0.2, 0) is 0 Å². The van der Waals surface area contributed by atoms with E-state index in [1.165, 1.54) is 0 Å². The summed E-state index contributed by atoms with van der Waals surface area (Å²) in [5.74, 6) is -1.42. The first-order chi connectivity index (χ1) is 21.5. The quantitative estimate of drug-likeness (QED) is 0.179. The minimum absolute atomic E-state index is 0.000217. The number of nitrogens with one attached hydrogen (secondary N) is 2. The van der Waals surface area contributed by atoms with Crippen molar-refractivity contribution in [3.63, 3.8) is 0 Å². The van der Waals surface area contributed by atoms with Crippen molar-refractivity contribution in [1.82, 2.24) is 20.6 Å². The second kappa shape index (κ2) is 16.3. The average Bonchev–Trinajstić information content (AvgIpc) is 3.02. The maximum absolute atomic E-state index is 13.7. The molecule has 2 aliphatic carbocycles. The number of ether oxygens (including phenoxy) is 1. The lowest BCUT2D eigenvalue weighted by atomic mass is 9.93. The highest BCUT2D eigenvalue weighted by Gasteiger charge is 2.25. The van der Waals surface area contributed by atoms with Gasteiger partial charge in [0, 0.05) is 17.0 Å². The van der Waals surface area contributed by atoms with Gasteiger partial charge < -0.3 is 25.6 Å². The Hall–Kier alpha value is -3.32. The van der Waals surface area contributed by atoms with Gasteiger partial charge in [0.2, 0.25) is 5.88 Å². The second-order valence-electron chi connectivity index (χ2n) is 11.2. The van der Waals surface area contributed by atoms with Crippen molar-refractivity contribution < 1.29 is 33.3 Å². The van der Waals surface area contributed by atoms with Gasteiger partial charge in [-0.25, -0.2) is 18.7 Å². The van der Waals surface area contributed by atoms with Gasteiger partial charge in [-0.3, -0.25) is 9.59 Å². The van der Waals surface area contributed by atoms with Crippen molar-refractivity contribution in [3.05, 3.63) is 76.2 Å². The molecule has 2 fully saturated rings. The Morgan fingerprint density at radius 3 is 1.89 bits per heavy atom. The predicted octanol–water partition coefficient (Wildman–Crippen LogP) is 5.98. The van der Waals surface area contributed by atoms with Gasteiger partial charge in [0.1, 0.15) is 28.1 Å². The van der Waals surface area contributed by atoms with Gasteiger partial charge in [0.05, 0.1) is 30.2 Å². The largest absolute Gasteiger partial charge is 0.438 e. The first-order valence-electron chi connectivity index (χ1n) is 14.8. The Morgan fingerprint density at radius 1 is 0.844 bits per heavy atom. The minimum atomic E-state index is -0.597. The molecule has 2 amide bonds. The molecule has 0 saturated heterocycles. The molecule has 0 bridgehead atoms. The third-order valence-electron chi connectivity index (χ3n) is 7.76. The summed E-state index contributed by atoms with van der Waals surface area (Å²) in [4.78, 5) is 33.3. The molecule has 0 radical (unpaired) electrons. The first-order valence-corrected chi connectivity index (χ1v) is 16.4. The number of halogens is 3. The van der Waals surface area contributed by atoms with Crippen LogP contribution in [0.15, 0.2) is 47.6 Å². The van der Waals surface area contributed by atoms with Gasteiger partial charge in [-0.15, -0.1) is 11.8 Å². The van der Waals surface area contributed by atoms with Gasteiger partial charge in [-0.1, -0.05) is 11.6 Å². The fourth-order valence-electron chi connectivity index (χ4n) is 5.25. The van der Waals surface area contributed by atoms with E-state index in [1.54, 1.807) is 17.8 Å². The number of aromatic nitrogens is 2. The number of benzene rings is 1. The van der Waals surface area contributed by atoms with Gasteiger partial charge in [0.15, 0.2) is 0 Å². The zero-order chi connectivity index (χ0) is 32.5. The summed E-state index contributed by atoms with van der Waals surface area (Å²) in [6.07, 6.45) is 8.87. The van der Waals surface area contributed by atoms with E-state index in [-0.39, 0.29) is 46.5 Å². The zero-order valence-electron chi connectivity index (χ0n) is 25.1. The molecular formula is C32H37ClF2N4O5S. The number of aliphatic hydroxyl groups is 2. The smallest absolute Gasteiger partial charge is 0.257 e. The molecule has 13 heteroatoms. The van der Waals surface area contributed by atoms with Crippen molar-refractivity contribution in [2.45, 2.75) is 87.5 Å². The van der Waals surface area contributed by atoms with Crippen LogP contribution in [0.2, 0.25) is 5.15 Å². The molecule has 0 aliphatic heterocycles. The third-order valence-corrected chi connectivity index (χ3v) is 8.96. The van der Waals surface area contributed by atoms with Crippen molar-refractivity contribution >= 4 is 35.2 Å². The molecule has 2 aliphatic rings. The number of hydrogen-bond donors (Lipinski definition) is 4. The number of pyridine rings is 2. The first kappa shape index (κ1) is 34.6. The van der Waals surface area contributed by atoms with Crippen LogP contribution in [0.25, 0.3) is 0 Å². The number of amides is 2. The van der Waals surface area contributed by atoms with E-state index in [0.29, 0.717) is 57.1 Å². The Bertz CT molecular complexity index is 1480. The molecule has 2 aromatic heterocycles.